The number of amides is 1. The summed E-state index contributed by atoms with van der Waals surface area (Å²) in [4.78, 5) is 38.8. The standard InChI is InChI=1S/C22H19N3O4/c1-15-13-19(26)21(23-25(15)17-8-3-2-4-9-17)22(28)29-14-20(27)24-12-11-16-7-5-6-10-18(16)24/h2-10,13H,11-12,14H2,1H3. The highest BCUT2D eigenvalue weighted by molar-refractivity contribution is 5.98. The molecule has 0 aliphatic carbocycles. The molecule has 29 heavy (non-hydrogen) atoms. The number of anilines is 1. The smallest absolute Gasteiger partial charge is 0.363 e. The summed E-state index contributed by atoms with van der Waals surface area (Å²) in [5.74, 6) is -1.25. The average Bonchev–Trinajstić information content (AvgIpc) is 3.17. The van der Waals surface area contributed by atoms with E-state index in [0.717, 1.165) is 17.7 Å². The van der Waals surface area contributed by atoms with Gasteiger partial charge in [0.2, 0.25) is 11.1 Å². The van der Waals surface area contributed by atoms with E-state index in [2.05, 4.69) is 5.10 Å². The lowest BCUT2D eigenvalue weighted by molar-refractivity contribution is -0.121. The summed E-state index contributed by atoms with van der Waals surface area (Å²) >= 11 is 0. The number of para-hydroxylation sites is 2. The number of hydrogen-bond acceptors (Lipinski definition) is 5. The maximum absolute atomic E-state index is 12.5. The summed E-state index contributed by atoms with van der Waals surface area (Å²) in [6.45, 7) is 1.82. The van der Waals surface area contributed by atoms with Gasteiger partial charge in [0.1, 0.15) is 0 Å². The van der Waals surface area contributed by atoms with Gasteiger partial charge in [0, 0.05) is 24.0 Å². The van der Waals surface area contributed by atoms with Gasteiger partial charge in [0.05, 0.1) is 5.69 Å². The minimum absolute atomic E-state index is 0.334. The van der Waals surface area contributed by atoms with Crippen LogP contribution in [-0.2, 0) is 16.0 Å². The number of carbonyl (C=O) groups is 2. The highest BCUT2D eigenvalue weighted by atomic mass is 16.5. The van der Waals surface area contributed by atoms with E-state index in [-0.39, 0.29) is 11.6 Å². The molecule has 0 radical (unpaired) electrons. The van der Waals surface area contributed by atoms with Gasteiger partial charge in [-0.05, 0) is 37.1 Å². The molecule has 1 aromatic heterocycles. The Morgan fingerprint density at radius 1 is 1.07 bits per heavy atom. The van der Waals surface area contributed by atoms with Crippen molar-refractivity contribution in [2.45, 2.75) is 13.3 Å². The van der Waals surface area contributed by atoms with Crippen molar-refractivity contribution >= 4 is 17.6 Å². The molecule has 3 aromatic rings. The number of hydrogen-bond donors (Lipinski definition) is 0. The minimum atomic E-state index is -0.916. The molecule has 7 nitrogen and oxygen atoms in total. The van der Waals surface area contributed by atoms with Gasteiger partial charge in [-0.1, -0.05) is 36.4 Å². The molecule has 2 aromatic carbocycles. The lowest BCUT2D eigenvalue weighted by atomic mass is 10.2. The maximum atomic E-state index is 12.5. The van der Waals surface area contributed by atoms with Crippen molar-refractivity contribution in [3.8, 4) is 5.69 Å². The molecule has 2 heterocycles. The zero-order valence-electron chi connectivity index (χ0n) is 15.9. The molecule has 0 spiro atoms. The molecular weight excluding hydrogens is 370 g/mol. The van der Waals surface area contributed by atoms with Crippen LogP contribution < -0.4 is 10.3 Å². The normalized spacial score (nSPS) is 12.5. The summed E-state index contributed by atoms with van der Waals surface area (Å²) in [6, 6.07) is 18.1. The average molecular weight is 389 g/mol. The molecule has 0 atom stereocenters. The molecule has 0 fully saturated rings. The van der Waals surface area contributed by atoms with Gasteiger partial charge in [0.25, 0.3) is 5.91 Å². The van der Waals surface area contributed by atoms with E-state index in [1.165, 1.54) is 10.7 Å². The number of benzene rings is 2. The van der Waals surface area contributed by atoms with E-state index in [0.29, 0.717) is 17.9 Å². The predicted octanol–water partition coefficient (Wildman–Crippen LogP) is 2.29. The minimum Gasteiger partial charge on any atom is -0.451 e. The summed E-state index contributed by atoms with van der Waals surface area (Å²) in [5, 5.41) is 4.16. The predicted molar refractivity (Wildman–Crippen MR) is 107 cm³/mol. The summed E-state index contributed by atoms with van der Waals surface area (Å²) in [7, 11) is 0. The summed E-state index contributed by atoms with van der Waals surface area (Å²) in [6.07, 6.45) is 0.761. The SMILES string of the molecule is Cc1cc(=O)c(C(=O)OCC(=O)N2CCc3ccccc32)nn1-c1ccccc1. The van der Waals surface area contributed by atoms with E-state index >= 15 is 0 Å². The molecule has 1 amide bonds. The fraction of sp³-hybridized carbons (Fsp3) is 0.182. The maximum Gasteiger partial charge on any atom is 0.363 e. The Morgan fingerprint density at radius 2 is 1.79 bits per heavy atom. The van der Waals surface area contributed by atoms with Crippen molar-refractivity contribution in [3.05, 3.63) is 87.8 Å². The molecule has 4 rings (SSSR count). The molecular formula is C22H19N3O4. The van der Waals surface area contributed by atoms with Gasteiger partial charge in [-0.25, -0.2) is 9.48 Å². The van der Waals surface area contributed by atoms with Crippen LogP contribution in [0.3, 0.4) is 0 Å². The molecule has 146 valence electrons. The van der Waals surface area contributed by atoms with Crippen molar-refractivity contribution in [2.24, 2.45) is 0 Å². The third-order valence-electron chi connectivity index (χ3n) is 4.82. The lowest BCUT2D eigenvalue weighted by Crippen LogP contribution is -2.34. The third-order valence-corrected chi connectivity index (χ3v) is 4.82. The third kappa shape index (κ3) is 3.67. The Hall–Kier alpha value is -3.74. The Morgan fingerprint density at radius 3 is 2.59 bits per heavy atom. The number of aryl methyl sites for hydroxylation is 1. The first-order valence-electron chi connectivity index (χ1n) is 9.26. The number of fused-ring (bicyclic) bond motifs is 1. The molecule has 0 saturated heterocycles. The van der Waals surface area contributed by atoms with Gasteiger partial charge in [-0.3, -0.25) is 9.59 Å². The van der Waals surface area contributed by atoms with Crippen molar-refractivity contribution in [1.29, 1.82) is 0 Å². The van der Waals surface area contributed by atoms with Gasteiger partial charge >= 0.3 is 5.97 Å². The second kappa shape index (κ2) is 7.71. The molecule has 0 bridgehead atoms. The quantitative estimate of drug-likeness (QED) is 0.640. The van der Waals surface area contributed by atoms with Crippen molar-refractivity contribution in [3.63, 3.8) is 0 Å². The Bertz CT molecular complexity index is 1140. The zero-order valence-corrected chi connectivity index (χ0v) is 15.9. The second-order valence-electron chi connectivity index (χ2n) is 6.75. The van der Waals surface area contributed by atoms with Crippen LogP contribution in [0.25, 0.3) is 5.69 Å². The van der Waals surface area contributed by atoms with Gasteiger partial charge in [-0.2, -0.15) is 5.10 Å². The number of aromatic nitrogens is 2. The molecule has 1 aliphatic heterocycles. The largest absolute Gasteiger partial charge is 0.451 e. The van der Waals surface area contributed by atoms with Crippen molar-refractivity contribution in [2.75, 3.05) is 18.1 Å². The van der Waals surface area contributed by atoms with Gasteiger partial charge in [-0.15, -0.1) is 0 Å². The van der Waals surface area contributed by atoms with E-state index in [9.17, 15) is 14.4 Å². The van der Waals surface area contributed by atoms with Gasteiger partial charge in [0.15, 0.2) is 6.61 Å². The summed E-state index contributed by atoms with van der Waals surface area (Å²) in [5.41, 5.74) is 2.31. The van der Waals surface area contributed by atoms with E-state index < -0.39 is 18.0 Å². The molecule has 1 aliphatic rings. The van der Waals surface area contributed by atoms with Crippen LogP contribution in [0.15, 0.2) is 65.5 Å². The Labute approximate surface area is 167 Å². The fourth-order valence-electron chi connectivity index (χ4n) is 3.39. The highest BCUT2D eigenvalue weighted by Gasteiger charge is 2.26. The molecule has 0 unspecified atom stereocenters. The van der Waals surface area contributed by atoms with E-state index in [4.69, 9.17) is 4.74 Å². The lowest BCUT2D eigenvalue weighted by Gasteiger charge is -2.17. The van der Waals surface area contributed by atoms with Gasteiger partial charge < -0.3 is 9.64 Å². The van der Waals surface area contributed by atoms with Crippen molar-refractivity contribution in [1.82, 2.24) is 9.78 Å². The number of esters is 1. The van der Waals surface area contributed by atoms with Crippen molar-refractivity contribution < 1.29 is 14.3 Å². The molecule has 0 N–H and O–H groups in total. The van der Waals surface area contributed by atoms with E-state index in [1.54, 1.807) is 11.8 Å². The Kier molecular flexibility index (Phi) is 4.95. The van der Waals surface area contributed by atoms with Crippen LogP contribution in [0, 0.1) is 6.92 Å². The van der Waals surface area contributed by atoms with E-state index in [1.807, 2.05) is 54.6 Å². The van der Waals surface area contributed by atoms with Crippen LogP contribution >= 0.6 is 0 Å². The first-order valence-corrected chi connectivity index (χ1v) is 9.26. The Balaban J connectivity index is 1.51. The highest BCUT2D eigenvalue weighted by Crippen LogP contribution is 2.27. The number of nitrogens with zero attached hydrogens (tertiary/aromatic N) is 3. The van der Waals surface area contributed by atoms with Crippen LogP contribution in [0.1, 0.15) is 21.7 Å². The number of carbonyl (C=O) groups excluding carboxylic acids is 2. The second-order valence-corrected chi connectivity index (χ2v) is 6.75. The number of rotatable bonds is 4. The summed E-state index contributed by atoms with van der Waals surface area (Å²) < 4.78 is 6.62. The molecule has 7 heteroatoms. The van der Waals surface area contributed by atoms with Crippen LogP contribution in [-0.4, -0.2) is 34.8 Å². The first-order chi connectivity index (χ1) is 14.0. The number of ether oxygens (including phenoxy) is 1. The molecule has 0 saturated carbocycles. The van der Waals surface area contributed by atoms with Crippen LogP contribution in [0.5, 0.6) is 0 Å². The van der Waals surface area contributed by atoms with Crippen LogP contribution in [0.4, 0.5) is 5.69 Å². The first kappa shape index (κ1) is 18.6. The van der Waals surface area contributed by atoms with Crippen LogP contribution in [0.2, 0.25) is 0 Å². The zero-order chi connectivity index (χ0) is 20.4. The fourth-order valence-corrected chi connectivity index (χ4v) is 3.39. The monoisotopic (exact) mass is 389 g/mol. The topological polar surface area (TPSA) is 81.5 Å².